The van der Waals surface area contributed by atoms with Crippen LogP contribution in [0.3, 0.4) is 0 Å². The predicted octanol–water partition coefficient (Wildman–Crippen LogP) is 2.57. The Labute approximate surface area is 150 Å². The van der Waals surface area contributed by atoms with Gasteiger partial charge < -0.3 is 4.90 Å². The van der Waals surface area contributed by atoms with Gasteiger partial charge in [0.15, 0.2) is 0 Å². The van der Waals surface area contributed by atoms with Crippen LogP contribution in [0.4, 0.5) is 0 Å². The number of rotatable bonds is 4. The van der Waals surface area contributed by atoms with Crippen LogP contribution in [-0.4, -0.2) is 51.7 Å². The molecule has 25 heavy (non-hydrogen) atoms. The number of aryl methyl sites for hydroxylation is 2. The quantitative estimate of drug-likeness (QED) is 0.859. The van der Waals surface area contributed by atoms with Crippen LogP contribution in [-0.2, 0) is 18.4 Å². The minimum absolute atomic E-state index is 0.0783. The molecule has 0 N–H and O–H groups in total. The van der Waals surface area contributed by atoms with Crippen molar-refractivity contribution < 1.29 is 4.79 Å². The van der Waals surface area contributed by atoms with Crippen molar-refractivity contribution in [3.8, 4) is 0 Å². The number of hydrogen-bond donors (Lipinski definition) is 0. The summed E-state index contributed by atoms with van der Waals surface area (Å²) in [5.74, 6) is 0.164. The van der Waals surface area contributed by atoms with Crippen LogP contribution in [0.5, 0.6) is 0 Å². The number of carbonyl (C=O) groups excluding carboxylic acids is 1. The van der Waals surface area contributed by atoms with Gasteiger partial charge in [-0.3, -0.25) is 14.4 Å². The molecule has 1 aromatic carbocycles. The lowest BCUT2D eigenvalue weighted by atomic mass is 9.98. The average molecular weight is 340 g/mol. The first-order chi connectivity index (χ1) is 12.0. The van der Waals surface area contributed by atoms with Gasteiger partial charge in [-0.2, -0.15) is 5.10 Å². The summed E-state index contributed by atoms with van der Waals surface area (Å²) in [4.78, 5) is 17.4. The van der Waals surface area contributed by atoms with Crippen LogP contribution < -0.4 is 0 Å². The molecule has 1 unspecified atom stereocenters. The molecule has 1 atom stereocenters. The Morgan fingerprint density at radius 1 is 1.16 bits per heavy atom. The molecule has 1 amide bonds. The maximum absolute atomic E-state index is 12.9. The zero-order valence-corrected chi connectivity index (χ0v) is 15.5. The first kappa shape index (κ1) is 17.7. The maximum Gasteiger partial charge on any atom is 0.229 e. The van der Waals surface area contributed by atoms with Gasteiger partial charge in [0, 0.05) is 51.5 Å². The van der Waals surface area contributed by atoms with Crippen LogP contribution in [0, 0.1) is 6.92 Å². The van der Waals surface area contributed by atoms with E-state index in [2.05, 4.69) is 47.4 Å². The summed E-state index contributed by atoms with van der Waals surface area (Å²) in [7, 11) is 1.94. The van der Waals surface area contributed by atoms with Gasteiger partial charge in [-0.05, 0) is 25.8 Å². The number of amides is 1. The molecule has 1 fully saturated rings. The molecule has 0 aliphatic carbocycles. The summed E-state index contributed by atoms with van der Waals surface area (Å²) >= 11 is 0. The summed E-state index contributed by atoms with van der Waals surface area (Å²) in [5.41, 5.74) is 3.56. The van der Waals surface area contributed by atoms with Gasteiger partial charge in [0.1, 0.15) is 0 Å². The van der Waals surface area contributed by atoms with Crippen molar-refractivity contribution in [3.63, 3.8) is 0 Å². The predicted molar refractivity (Wildman–Crippen MR) is 99.3 cm³/mol. The average Bonchev–Trinajstić information content (AvgIpc) is 2.87. The summed E-state index contributed by atoms with van der Waals surface area (Å²) in [5, 5.41) is 4.24. The molecule has 1 aromatic heterocycles. The monoisotopic (exact) mass is 340 g/mol. The summed E-state index contributed by atoms with van der Waals surface area (Å²) in [6.07, 6.45) is 5.01. The molecule has 2 heterocycles. The topological polar surface area (TPSA) is 41.4 Å². The largest absolute Gasteiger partial charge is 0.341 e. The zero-order chi connectivity index (χ0) is 17.8. The molecule has 1 aliphatic heterocycles. The van der Waals surface area contributed by atoms with Gasteiger partial charge in [0.05, 0.1) is 12.1 Å². The van der Waals surface area contributed by atoms with Crippen molar-refractivity contribution in [2.24, 2.45) is 7.05 Å². The highest BCUT2D eigenvalue weighted by Gasteiger charge is 2.24. The fraction of sp³-hybridized carbons (Fsp3) is 0.500. The first-order valence-corrected chi connectivity index (χ1v) is 9.08. The van der Waals surface area contributed by atoms with Gasteiger partial charge in [-0.1, -0.05) is 29.8 Å². The first-order valence-electron chi connectivity index (χ1n) is 9.08. The second kappa shape index (κ2) is 7.83. The van der Waals surface area contributed by atoms with Crippen LogP contribution in [0.25, 0.3) is 0 Å². The molecule has 2 aromatic rings. The zero-order valence-electron chi connectivity index (χ0n) is 15.5. The van der Waals surface area contributed by atoms with E-state index in [1.165, 1.54) is 11.1 Å². The lowest BCUT2D eigenvalue weighted by Crippen LogP contribution is -2.37. The van der Waals surface area contributed by atoms with Crippen molar-refractivity contribution >= 4 is 5.91 Å². The van der Waals surface area contributed by atoms with Gasteiger partial charge in [-0.25, -0.2) is 0 Å². The van der Waals surface area contributed by atoms with E-state index in [9.17, 15) is 4.79 Å². The molecule has 5 nitrogen and oxygen atoms in total. The molecule has 0 saturated carbocycles. The maximum atomic E-state index is 12.9. The second-order valence-corrected chi connectivity index (χ2v) is 7.11. The van der Waals surface area contributed by atoms with Crippen LogP contribution in [0.15, 0.2) is 36.7 Å². The van der Waals surface area contributed by atoms with Crippen LogP contribution >= 0.6 is 0 Å². The number of benzene rings is 1. The van der Waals surface area contributed by atoms with Crippen molar-refractivity contribution in [1.82, 2.24) is 19.6 Å². The Bertz CT molecular complexity index is 707. The van der Waals surface area contributed by atoms with Crippen molar-refractivity contribution in [3.05, 3.63) is 53.3 Å². The van der Waals surface area contributed by atoms with E-state index in [0.29, 0.717) is 0 Å². The SMILES string of the molecule is Cc1ccc(C(C)C(=O)N2CCCN(Cc3cnn(C)c3)CC2)cc1. The van der Waals surface area contributed by atoms with Gasteiger partial charge in [0.2, 0.25) is 5.91 Å². The van der Waals surface area contributed by atoms with Gasteiger partial charge in [-0.15, -0.1) is 0 Å². The van der Waals surface area contributed by atoms with Crippen molar-refractivity contribution in [2.75, 3.05) is 26.2 Å². The Morgan fingerprint density at radius 2 is 1.92 bits per heavy atom. The highest BCUT2D eigenvalue weighted by Crippen LogP contribution is 2.20. The fourth-order valence-corrected chi connectivity index (χ4v) is 3.43. The van der Waals surface area contributed by atoms with E-state index < -0.39 is 0 Å². The van der Waals surface area contributed by atoms with Crippen LogP contribution in [0.1, 0.15) is 36.0 Å². The number of aromatic nitrogens is 2. The van der Waals surface area contributed by atoms with Crippen molar-refractivity contribution in [2.45, 2.75) is 32.7 Å². The minimum atomic E-state index is -0.0783. The van der Waals surface area contributed by atoms with E-state index in [-0.39, 0.29) is 11.8 Å². The molecule has 134 valence electrons. The molecule has 0 bridgehead atoms. The molecule has 0 spiro atoms. The molecule has 1 aliphatic rings. The number of nitrogens with zero attached hydrogens (tertiary/aromatic N) is 4. The summed E-state index contributed by atoms with van der Waals surface area (Å²) in [6.45, 7) is 8.59. The summed E-state index contributed by atoms with van der Waals surface area (Å²) in [6, 6.07) is 8.31. The summed E-state index contributed by atoms with van der Waals surface area (Å²) < 4.78 is 1.84. The van der Waals surface area contributed by atoms with E-state index >= 15 is 0 Å². The molecular formula is C20H28N4O. The lowest BCUT2D eigenvalue weighted by Gasteiger charge is -2.25. The van der Waals surface area contributed by atoms with Gasteiger partial charge >= 0.3 is 0 Å². The van der Waals surface area contributed by atoms with E-state index in [0.717, 1.165) is 44.7 Å². The Kier molecular flexibility index (Phi) is 5.53. The molecule has 1 saturated heterocycles. The Morgan fingerprint density at radius 3 is 2.60 bits per heavy atom. The Balaban J connectivity index is 1.58. The molecule has 0 radical (unpaired) electrons. The molecular weight excluding hydrogens is 312 g/mol. The highest BCUT2D eigenvalue weighted by molar-refractivity contribution is 5.83. The van der Waals surface area contributed by atoms with Crippen molar-refractivity contribution in [1.29, 1.82) is 0 Å². The molecule has 3 rings (SSSR count). The second-order valence-electron chi connectivity index (χ2n) is 7.11. The standard InChI is InChI=1S/C20H28N4O/c1-16-5-7-19(8-6-16)17(2)20(25)24-10-4-9-23(11-12-24)15-18-13-21-22(3)14-18/h5-8,13-14,17H,4,9-12,15H2,1-3H3. The number of hydrogen-bond acceptors (Lipinski definition) is 3. The fourth-order valence-electron chi connectivity index (χ4n) is 3.43. The highest BCUT2D eigenvalue weighted by atomic mass is 16.2. The smallest absolute Gasteiger partial charge is 0.229 e. The normalized spacial score (nSPS) is 17.3. The van der Waals surface area contributed by atoms with Gasteiger partial charge in [0.25, 0.3) is 0 Å². The lowest BCUT2D eigenvalue weighted by molar-refractivity contribution is -0.132. The minimum Gasteiger partial charge on any atom is -0.341 e. The van der Waals surface area contributed by atoms with Crippen LogP contribution in [0.2, 0.25) is 0 Å². The Hall–Kier alpha value is -2.14. The van der Waals surface area contributed by atoms with E-state index in [1.54, 1.807) is 0 Å². The molecule has 5 heteroatoms. The number of carbonyl (C=O) groups is 1. The van der Waals surface area contributed by atoms with E-state index in [1.807, 2.05) is 29.7 Å². The third-order valence-electron chi connectivity index (χ3n) is 5.01. The third kappa shape index (κ3) is 4.48. The van der Waals surface area contributed by atoms with E-state index in [4.69, 9.17) is 0 Å². The third-order valence-corrected chi connectivity index (χ3v) is 5.01.